The summed E-state index contributed by atoms with van der Waals surface area (Å²) in [4.78, 5) is 30.5. The number of benzene rings is 1. The molecule has 0 spiro atoms. The molecule has 4 N–H and O–H groups in total. The van der Waals surface area contributed by atoms with E-state index in [0.29, 0.717) is 34.7 Å². The Kier molecular flexibility index (Phi) is 4.70. The molecule has 1 atom stereocenters. The van der Waals surface area contributed by atoms with E-state index in [9.17, 15) is 14.7 Å². The molecule has 0 unspecified atom stereocenters. The van der Waals surface area contributed by atoms with E-state index in [1.54, 1.807) is 17.6 Å². The van der Waals surface area contributed by atoms with Crippen LogP contribution in [0.1, 0.15) is 49.8 Å². The number of rotatable bonds is 5. The number of esters is 1. The van der Waals surface area contributed by atoms with Crippen LogP contribution in [0.2, 0.25) is 0 Å². The molecule has 166 valence electrons. The van der Waals surface area contributed by atoms with E-state index in [1.807, 2.05) is 18.2 Å². The minimum Gasteiger partial charge on any atom is -0.458 e. The number of unbranched alkanes of at least 4 members (excludes halogenated alkanes) is 1. The Labute approximate surface area is 185 Å². The van der Waals surface area contributed by atoms with Gasteiger partial charge in [0.25, 0.3) is 5.56 Å². The van der Waals surface area contributed by atoms with Gasteiger partial charge in [0.2, 0.25) is 0 Å². The predicted molar refractivity (Wildman–Crippen MR) is 122 cm³/mol. The topological polar surface area (TPSA) is 119 Å². The molecule has 0 bridgehead atoms. The van der Waals surface area contributed by atoms with Crippen molar-refractivity contribution in [3.8, 4) is 11.4 Å². The maximum Gasteiger partial charge on any atom is 0.343 e. The summed E-state index contributed by atoms with van der Waals surface area (Å²) in [6.45, 7) is 4.87. The highest BCUT2D eigenvalue weighted by molar-refractivity contribution is 5.96. The summed E-state index contributed by atoms with van der Waals surface area (Å²) in [5, 5.41) is 15.3. The summed E-state index contributed by atoms with van der Waals surface area (Å²) in [5.41, 5.74) is 9.12. The van der Waals surface area contributed by atoms with E-state index in [2.05, 4.69) is 12.2 Å². The molecule has 0 saturated heterocycles. The van der Waals surface area contributed by atoms with Crippen LogP contribution in [0.5, 0.6) is 0 Å². The molecule has 0 amide bonds. The van der Waals surface area contributed by atoms with Gasteiger partial charge >= 0.3 is 5.97 Å². The Morgan fingerprint density at radius 3 is 2.81 bits per heavy atom. The minimum atomic E-state index is -1.83. The summed E-state index contributed by atoms with van der Waals surface area (Å²) in [6.07, 6.45) is 2.21. The van der Waals surface area contributed by atoms with Crippen LogP contribution >= 0.6 is 0 Å². The van der Waals surface area contributed by atoms with Crippen molar-refractivity contribution < 1.29 is 14.6 Å². The van der Waals surface area contributed by atoms with Crippen LogP contribution in [0.15, 0.2) is 29.1 Å². The molecule has 4 heterocycles. The lowest BCUT2D eigenvalue weighted by atomic mass is 9.86. The lowest BCUT2D eigenvalue weighted by molar-refractivity contribution is -0.172. The maximum absolute atomic E-state index is 13.3. The van der Waals surface area contributed by atoms with E-state index in [-0.39, 0.29) is 18.6 Å². The third-order valence-electron chi connectivity index (χ3n) is 6.48. The molecule has 1 aromatic carbocycles. The van der Waals surface area contributed by atoms with Crippen LogP contribution in [0.4, 0.5) is 11.4 Å². The van der Waals surface area contributed by atoms with Crippen molar-refractivity contribution in [2.45, 2.75) is 51.9 Å². The Balaban J connectivity index is 1.71. The van der Waals surface area contributed by atoms with Crippen LogP contribution in [0.25, 0.3) is 22.3 Å². The van der Waals surface area contributed by atoms with Crippen molar-refractivity contribution in [2.75, 3.05) is 17.6 Å². The molecule has 0 saturated carbocycles. The van der Waals surface area contributed by atoms with E-state index >= 15 is 0 Å². The fourth-order valence-electron chi connectivity index (χ4n) is 4.65. The molecule has 32 heavy (non-hydrogen) atoms. The zero-order valence-electron chi connectivity index (χ0n) is 18.2. The van der Waals surface area contributed by atoms with Crippen molar-refractivity contribution in [2.24, 2.45) is 0 Å². The average Bonchev–Trinajstić information content (AvgIpc) is 3.13. The molecule has 0 radical (unpaired) electrons. The van der Waals surface area contributed by atoms with Gasteiger partial charge in [-0.1, -0.05) is 20.3 Å². The number of nitrogens with two attached hydrogens (primary N) is 1. The zero-order valence-corrected chi connectivity index (χ0v) is 18.2. The molecule has 3 aromatic rings. The second-order valence-electron chi connectivity index (χ2n) is 8.52. The Morgan fingerprint density at radius 1 is 1.25 bits per heavy atom. The van der Waals surface area contributed by atoms with Crippen LogP contribution in [0, 0.1) is 0 Å². The van der Waals surface area contributed by atoms with E-state index in [4.69, 9.17) is 15.5 Å². The van der Waals surface area contributed by atoms with Gasteiger partial charge in [-0.15, -0.1) is 0 Å². The average molecular weight is 434 g/mol. The first kappa shape index (κ1) is 20.5. The minimum absolute atomic E-state index is 0.116. The molecular weight excluding hydrogens is 408 g/mol. The highest BCUT2D eigenvalue weighted by Gasteiger charge is 2.45. The monoisotopic (exact) mass is 434 g/mol. The maximum atomic E-state index is 13.3. The Bertz CT molecular complexity index is 1330. The number of fused-ring (bicyclic) bond motifs is 5. The van der Waals surface area contributed by atoms with Crippen LogP contribution < -0.4 is 16.6 Å². The van der Waals surface area contributed by atoms with Gasteiger partial charge < -0.3 is 25.5 Å². The third kappa shape index (κ3) is 2.90. The molecule has 5 rings (SSSR count). The summed E-state index contributed by atoms with van der Waals surface area (Å²) in [6, 6.07) is 7.50. The first-order valence-electron chi connectivity index (χ1n) is 11.0. The molecule has 0 fully saturated rings. The first-order valence-corrected chi connectivity index (χ1v) is 11.0. The fraction of sp³-hybridized carbons (Fsp3) is 0.375. The quantitative estimate of drug-likeness (QED) is 0.251. The van der Waals surface area contributed by atoms with Crippen molar-refractivity contribution in [1.29, 1.82) is 0 Å². The number of aromatic nitrogens is 2. The third-order valence-corrected chi connectivity index (χ3v) is 6.48. The normalized spacial score (nSPS) is 18.8. The first-order chi connectivity index (χ1) is 15.4. The van der Waals surface area contributed by atoms with Gasteiger partial charge in [-0.2, -0.15) is 0 Å². The number of aliphatic hydroxyl groups is 1. The fourth-order valence-corrected chi connectivity index (χ4v) is 4.65. The standard InChI is InChI=1S/C24H26N4O4/c1-3-5-6-26-18-9-15(25)8-13-7-14-11-28-19(21(14)27-20(13)18)10-17-16(22(28)29)12-32-23(30)24(17,31)4-2/h7-10,26,31H,3-6,11-12,25H2,1-2H3/t24-/m0/s1. The number of cyclic esters (lactones) is 1. The lowest BCUT2D eigenvalue weighted by Crippen LogP contribution is -2.44. The van der Waals surface area contributed by atoms with Gasteiger partial charge in [0.1, 0.15) is 6.61 Å². The van der Waals surface area contributed by atoms with Gasteiger partial charge in [0, 0.05) is 28.7 Å². The van der Waals surface area contributed by atoms with Crippen LogP contribution in [-0.4, -0.2) is 27.2 Å². The van der Waals surface area contributed by atoms with Crippen LogP contribution in [0.3, 0.4) is 0 Å². The number of nitrogens with zero attached hydrogens (tertiary/aromatic N) is 2. The second-order valence-corrected chi connectivity index (χ2v) is 8.52. The molecule has 2 aliphatic heterocycles. The largest absolute Gasteiger partial charge is 0.458 e. The van der Waals surface area contributed by atoms with E-state index < -0.39 is 11.6 Å². The van der Waals surface area contributed by atoms with Crippen molar-refractivity contribution in [3.05, 3.63) is 51.3 Å². The number of anilines is 2. The van der Waals surface area contributed by atoms with Gasteiger partial charge in [-0.3, -0.25) is 4.79 Å². The molecule has 2 aliphatic rings. The smallest absolute Gasteiger partial charge is 0.343 e. The number of carbonyl (C=O) groups is 1. The number of hydrogen-bond donors (Lipinski definition) is 3. The Hall–Kier alpha value is -3.39. The summed E-state index contributed by atoms with van der Waals surface area (Å²) < 4.78 is 6.76. The zero-order chi connectivity index (χ0) is 22.6. The van der Waals surface area contributed by atoms with E-state index in [0.717, 1.165) is 41.5 Å². The van der Waals surface area contributed by atoms with Crippen LogP contribution in [-0.2, 0) is 28.3 Å². The predicted octanol–water partition coefficient (Wildman–Crippen LogP) is 2.87. The summed E-state index contributed by atoms with van der Waals surface area (Å²) >= 11 is 0. The highest BCUT2D eigenvalue weighted by atomic mass is 16.6. The molecule has 8 nitrogen and oxygen atoms in total. The Morgan fingerprint density at radius 2 is 2.06 bits per heavy atom. The van der Waals surface area contributed by atoms with Gasteiger partial charge in [0.15, 0.2) is 5.60 Å². The highest BCUT2D eigenvalue weighted by Crippen LogP contribution is 2.39. The van der Waals surface area contributed by atoms with Gasteiger partial charge in [0.05, 0.1) is 34.7 Å². The SMILES string of the molecule is CCCCNc1cc(N)cc2cc3c(nc12)-c1cc2c(c(=O)n1C3)COC(=O)[C@]2(O)CC. The number of nitrogen functional groups attached to an aromatic ring is 1. The second kappa shape index (κ2) is 7.34. The van der Waals surface area contributed by atoms with E-state index in [1.165, 1.54) is 0 Å². The molecule has 8 heteroatoms. The number of carbonyl (C=O) groups excluding carboxylic acids is 1. The number of ether oxygens (including phenoxy) is 1. The number of nitrogens with one attached hydrogen (secondary N) is 1. The summed E-state index contributed by atoms with van der Waals surface area (Å²) in [5.74, 6) is -0.723. The molecule has 0 aliphatic carbocycles. The van der Waals surface area contributed by atoms with Crippen molar-refractivity contribution in [3.63, 3.8) is 0 Å². The van der Waals surface area contributed by atoms with Crippen molar-refractivity contribution >= 4 is 28.2 Å². The molecule has 2 aromatic heterocycles. The number of hydrogen-bond acceptors (Lipinski definition) is 7. The lowest BCUT2D eigenvalue weighted by Gasteiger charge is -2.31. The van der Waals surface area contributed by atoms with Gasteiger partial charge in [-0.05, 0) is 37.1 Å². The van der Waals surface area contributed by atoms with Crippen molar-refractivity contribution in [1.82, 2.24) is 9.55 Å². The molecular formula is C24H26N4O4. The summed E-state index contributed by atoms with van der Waals surface area (Å²) in [7, 11) is 0. The van der Waals surface area contributed by atoms with Gasteiger partial charge in [-0.25, -0.2) is 9.78 Å². The number of pyridine rings is 2.